The number of nitro groups is 1. The van der Waals surface area contributed by atoms with Gasteiger partial charge in [0.1, 0.15) is 5.69 Å². The maximum Gasteiger partial charge on any atom is 0.294 e. The molecule has 1 heterocycles. The molecule has 0 saturated heterocycles. The van der Waals surface area contributed by atoms with Crippen molar-refractivity contribution in [3.63, 3.8) is 0 Å². The van der Waals surface area contributed by atoms with E-state index in [1.165, 1.54) is 36.1 Å². The second-order valence-electron chi connectivity index (χ2n) is 5.49. The summed E-state index contributed by atoms with van der Waals surface area (Å²) >= 11 is 0. The lowest BCUT2D eigenvalue weighted by Gasteiger charge is -2.14. The molecule has 1 aromatic heterocycles. The van der Waals surface area contributed by atoms with Gasteiger partial charge in [-0.05, 0) is 19.9 Å². The lowest BCUT2D eigenvalue weighted by atomic mass is 10.2. The molecule has 0 saturated carbocycles. The van der Waals surface area contributed by atoms with Gasteiger partial charge in [0.15, 0.2) is 5.69 Å². The van der Waals surface area contributed by atoms with Crippen LogP contribution >= 0.6 is 0 Å². The minimum atomic E-state index is -0.665. The fraction of sp³-hybridized carbons (Fsp3) is 0.312. The fourth-order valence-corrected chi connectivity index (χ4v) is 2.33. The molecule has 132 valence electrons. The summed E-state index contributed by atoms with van der Waals surface area (Å²) < 4.78 is 6.15. The molecule has 0 aliphatic carbocycles. The van der Waals surface area contributed by atoms with Crippen LogP contribution in [0.5, 0.6) is 0 Å². The minimum absolute atomic E-state index is 0.170. The minimum Gasteiger partial charge on any atom is -0.383 e. The van der Waals surface area contributed by atoms with Crippen molar-refractivity contribution in [2.24, 2.45) is 0 Å². The highest BCUT2D eigenvalue weighted by Crippen LogP contribution is 2.22. The number of benzene rings is 1. The van der Waals surface area contributed by atoms with Crippen LogP contribution in [0.15, 0.2) is 35.1 Å². The summed E-state index contributed by atoms with van der Waals surface area (Å²) in [4.78, 5) is 35.1. The van der Waals surface area contributed by atoms with E-state index in [9.17, 15) is 19.7 Å². The number of carbonyl (C=O) groups is 1. The van der Waals surface area contributed by atoms with E-state index in [4.69, 9.17) is 4.74 Å². The molecule has 1 N–H and O–H groups in total. The molecule has 0 aliphatic rings. The summed E-state index contributed by atoms with van der Waals surface area (Å²) in [7, 11) is 1.49. The Morgan fingerprint density at radius 1 is 1.44 bits per heavy atom. The Hall–Kier alpha value is -3.07. The van der Waals surface area contributed by atoms with Gasteiger partial charge in [0.2, 0.25) is 5.43 Å². The predicted octanol–water partition coefficient (Wildman–Crippen LogP) is 1.21. The third-order valence-electron chi connectivity index (χ3n) is 3.42. The van der Waals surface area contributed by atoms with E-state index in [-0.39, 0.29) is 29.7 Å². The van der Waals surface area contributed by atoms with Crippen LogP contribution in [0, 0.1) is 17.0 Å². The molecule has 0 aliphatic heterocycles. The number of aromatic nitrogens is 2. The van der Waals surface area contributed by atoms with E-state index in [0.29, 0.717) is 5.69 Å². The number of rotatable bonds is 6. The third kappa shape index (κ3) is 4.07. The normalized spacial score (nSPS) is 11.8. The number of nitrogens with zero attached hydrogens (tertiary/aromatic N) is 3. The number of amides is 1. The van der Waals surface area contributed by atoms with Crippen molar-refractivity contribution in [1.29, 1.82) is 0 Å². The molecular formula is C16H18N4O5. The highest BCUT2D eigenvalue weighted by molar-refractivity contribution is 5.92. The van der Waals surface area contributed by atoms with Crippen LogP contribution in [0.1, 0.15) is 23.1 Å². The van der Waals surface area contributed by atoms with Crippen LogP contribution in [-0.2, 0) is 4.74 Å². The van der Waals surface area contributed by atoms with Crippen molar-refractivity contribution in [3.05, 3.63) is 62.1 Å². The van der Waals surface area contributed by atoms with Gasteiger partial charge in [0, 0.05) is 31.0 Å². The fourth-order valence-electron chi connectivity index (χ4n) is 2.33. The number of methoxy groups -OCH3 is 1. The molecule has 0 spiro atoms. The molecule has 1 atom stereocenters. The van der Waals surface area contributed by atoms with E-state index < -0.39 is 16.3 Å². The van der Waals surface area contributed by atoms with Gasteiger partial charge in [-0.2, -0.15) is 5.10 Å². The van der Waals surface area contributed by atoms with E-state index in [1.807, 2.05) is 0 Å². The van der Waals surface area contributed by atoms with Crippen LogP contribution in [0.2, 0.25) is 0 Å². The Kier molecular flexibility index (Phi) is 5.60. The van der Waals surface area contributed by atoms with Gasteiger partial charge in [0.25, 0.3) is 11.6 Å². The van der Waals surface area contributed by atoms with Crippen LogP contribution < -0.4 is 10.7 Å². The van der Waals surface area contributed by atoms with Crippen molar-refractivity contribution < 1.29 is 14.5 Å². The average molecular weight is 346 g/mol. The van der Waals surface area contributed by atoms with Crippen LogP contribution in [0.3, 0.4) is 0 Å². The number of hydrogen-bond donors (Lipinski definition) is 1. The molecule has 25 heavy (non-hydrogen) atoms. The molecule has 0 radical (unpaired) electrons. The monoisotopic (exact) mass is 346 g/mol. The maximum absolute atomic E-state index is 12.3. The molecule has 1 aromatic carbocycles. The Balaban J connectivity index is 2.51. The lowest BCUT2D eigenvalue weighted by Crippen LogP contribution is -2.39. The van der Waals surface area contributed by atoms with Crippen LogP contribution in [0.4, 0.5) is 5.69 Å². The van der Waals surface area contributed by atoms with Gasteiger partial charge in [-0.1, -0.05) is 12.1 Å². The van der Waals surface area contributed by atoms with Gasteiger partial charge in [-0.15, -0.1) is 0 Å². The van der Waals surface area contributed by atoms with Gasteiger partial charge >= 0.3 is 0 Å². The zero-order valence-corrected chi connectivity index (χ0v) is 14.1. The smallest absolute Gasteiger partial charge is 0.294 e. The van der Waals surface area contributed by atoms with Gasteiger partial charge in [0.05, 0.1) is 11.5 Å². The number of aryl methyl sites for hydroxylation is 1. The molecular weight excluding hydrogens is 328 g/mol. The zero-order chi connectivity index (χ0) is 18.6. The number of nitrogens with one attached hydrogen (secondary N) is 1. The molecule has 1 amide bonds. The van der Waals surface area contributed by atoms with Crippen molar-refractivity contribution in [3.8, 4) is 5.69 Å². The molecule has 0 bridgehead atoms. The van der Waals surface area contributed by atoms with Gasteiger partial charge < -0.3 is 10.1 Å². The Bertz CT molecular complexity index is 862. The van der Waals surface area contributed by atoms with Crippen LogP contribution in [-0.4, -0.2) is 40.4 Å². The van der Waals surface area contributed by atoms with E-state index in [1.54, 1.807) is 19.9 Å². The zero-order valence-electron chi connectivity index (χ0n) is 14.1. The second-order valence-corrected chi connectivity index (χ2v) is 5.49. The molecule has 9 heteroatoms. The average Bonchev–Trinajstić information content (AvgIpc) is 2.55. The molecule has 2 rings (SSSR count). The van der Waals surface area contributed by atoms with E-state index in [0.717, 1.165) is 0 Å². The lowest BCUT2D eigenvalue weighted by molar-refractivity contribution is -0.384. The summed E-state index contributed by atoms with van der Waals surface area (Å²) in [6.45, 7) is 3.58. The quantitative estimate of drug-likeness (QED) is 0.621. The topological polar surface area (TPSA) is 116 Å². The maximum atomic E-state index is 12.3. The SMILES string of the molecule is COCC(C)NC(=O)c1nn(-c2ccccc2[N+](=O)[O-])c(C)cc1=O. The second kappa shape index (κ2) is 7.67. The number of hydrogen-bond acceptors (Lipinski definition) is 6. The van der Waals surface area contributed by atoms with Gasteiger partial charge in [-0.25, -0.2) is 4.68 Å². The molecule has 0 fully saturated rings. The Morgan fingerprint density at radius 3 is 2.76 bits per heavy atom. The summed E-state index contributed by atoms with van der Waals surface area (Å²) in [5.74, 6) is -0.665. The van der Waals surface area contributed by atoms with Crippen LogP contribution in [0.25, 0.3) is 5.69 Å². The highest BCUT2D eigenvalue weighted by atomic mass is 16.6. The summed E-state index contributed by atoms with van der Waals surface area (Å²) in [6.07, 6.45) is 0. The number of carbonyl (C=O) groups excluding carboxylic acids is 1. The predicted molar refractivity (Wildman–Crippen MR) is 90.0 cm³/mol. The summed E-state index contributed by atoms with van der Waals surface area (Å²) in [5, 5.41) is 17.9. The van der Waals surface area contributed by atoms with E-state index >= 15 is 0 Å². The highest BCUT2D eigenvalue weighted by Gasteiger charge is 2.20. The largest absolute Gasteiger partial charge is 0.383 e. The van der Waals surface area contributed by atoms with Crippen molar-refractivity contribution in [1.82, 2.24) is 15.1 Å². The first-order chi connectivity index (χ1) is 11.8. The summed E-state index contributed by atoms with van der Waals surface area (Å²) in [6, 6.07) is 6.87. The summed E-state index contributed by atoms with van der Waals surface area (Å²) in [5.41, 5.74) is -0.535. The number of para-hydroxylation sites is 2. The first-order valence-corrected chi connectivity index (χ1v) is 7.49. The Labute approximate surface area is 143 Å². The molecule has 2 aromatic rings. The van der Waals surface area contributed by atoms with Gasteiger partial charge in [-0.3, -0.25) is 19.7 Å². The standard InChI is InChI=1S/C16H18N4O5/c1-10(9-25-3)17-16(22)15-14(21)8-11(2)19(18-15)12-6-4-5-7-13(12)20(23)24/h4-8,10H,9H2,1-3H3,(H,17,22). The number of ether oxygens (including phenoxy) is 1. The first kappa shape index (κ1) is 18.3. The van der Waals surface area contributed by atoms with Crippen molar-refractivity contribution >= 4 is 11.6 Å². The first-order valence-electron chi connectivity index (χ1n) is 7.49. The molecule has 9 nitrogen and oxygen atoms in total. The third-order valence-corrected chi connectivity index (χ3v) is 3.42. The van der Waals surface area contributed by atoms with Crippen molar-refractivity contribution in [2.75, 3.05) is 13.7 Å². The Morgan fingerprint density at radius 2 is 2.12 bits per heavy atom. The molecule has 1 unspecified atom stereocenters. The van der Waals surface area contributed by atoms with Crippen molar-refractivity contribution in [2.45, 2.75) is 19.9 Å². The number of nitro benzene ring substituents is 1. The van der Waals surface area contributed by atoms with E-state index in [2.05, 4.69) is 10.4 Å².